The van der Waals surface area contributed by atoms with E-state index in [0.29, 0.717) is 0 Å². The average molecular weight is 200 g/mol. The number of rotatable bonds is 6. The minimum atomic E-state index is -3.44. The van der Waals surface area contributed by atoms with Crippen molar-refractivity contribution in [1.82, 2.24) is 0 Å². The quantitative estimate of drug-likeness (QED) is 0.343. The lowest BCUT2D eigenvalue weighted by atomic mass is 10.1. The van der Waals surface area contributed by atoms with Crippen LogP contribution in [0.3, 0.4) is 0 Å². The number of hydrogen-bond donors (Lipinski definition) is 4. The first-order valence-corrected chi connectivity index (χ1v) is 3.94. The summed E-state index contributed by atoms with van der Waals surface area (Å²) in [6.45, 7) is -0.592. The highest BCUT2D eigenvalue weighted by Crippen LogP contribution is 2.15. The monoisotopic (exact) mass is 200 g/mol. The number of unbranched alkanes of at least 4 members (excludes halogenated alkanes) is 1. The second-order valence-electron chi connectivity index (χ2n) is 2.83. The number of alkyl halides is 2. The fourth-order valence-electron chi connectivity index (χ4n) is 0.834. The molecule has 0 aliphatic carbocycles. The third kappa shape index (κ3) is 5.09. The zero-order valence-electron chi connectivity index (χ0n) is 7.03. The zero-order valence-corrected chi connectivity index (χ0v) is 7.03. The highest BCUT2D eigenvalue weighted by Gasteiger charge is 2.37. The molecule has 0 saturated carbocycles. The molecule has 0 fully saturated rings. The van der Waals surface area contributed by atoms with Crippen LogP contribution in [0.5, 0.6) is 0 Å². The summed E-state index contributed by atoms with van der Waals surface area (Å²) in [7, 11) is 0. The molecule has 0 aromatic heterocycles. The Balaban J connectivity index is 3.76. The molecule has 0 aliphatic heterocycles. The van der Waals surface area contributed by atoms with Gasteiger partial charge in [-0.05, 0) is 19.3 Å². The Kier molecular flexibility index (Phi) is 5.31. The van der Waals surface area contributed by atoms with E-state index in [2.05, 4.69) is 0 Å². The molecule has 4 N–H and O–H groups in total. The smallest absolute Gasteiger partial charge is 0.305 e. The summed E-state index contributed by atoms with van der Waals surface area (Å²) in [4.78, 5) is 0. The Labute approximate surface area is 74.4 Å². The number of aliphatic hydroxyl groups excluding tert-OH is 1. The van der Waals surface area contributed by atoms with Gasteiger partial charge in [-0.15, -0.1) is 0 Å². The molecule has 80 valence electrons. The molecule has 0 saturated heterocycles. The lowest BCUT2D eigenvalue weighted by Crippen LogP contribution is -2.47. The van der Waals surface area contributed by atoms with Crippen molar-refractivity contribution in [1.29, 1.82) is 0 Å². The maximum Gasteiger partial charge on any atom is 0.305 e. The summed E-state index contributed by atoms with van der Waals surface area (Å²) in [5, 5.41) is 33.8. The summed E-state index contributed by atoms with van der Waals surface area (Å²) < 4.78 is 24.3. The molecule has 0 aromatic rings. The first-order valence-electron chi connectivity index (χ1n) is 3.94. The van der Waals surface area contributed by atoms with Gasteiger partial charge in [-0.25, -0.2) is 4.39 Å². The van der Waals surface area contributed by atoms with Gasteiger partial charge in [-0.1, -0.05) is 0 Å². The predicted molar refractivity (Wildman–Crippen MR) is 40.1 cm³/mol. The molecule has 0 heterocycles. The topological polar surface area (TPSA) is 80.9 Å². The first kappa shape index (κ1) is 12.7. The van der Waals surface area contributed by atoms with Gasteiger partial charge < -0.3 is 20.4 Å². The van der Waals surface area contributed by atoms with E-state index in [1.54, 1.807) is 0 Å². The molecular weight excluding hydrogens is 186 g/mol. The lowest BCUT2D eigenvalue weighted by molar-refractivity contribution is -0.363. The highest BCUT2D eigenvalue weighted by atomic mass is 19.1. The van der Waals surface area contributed by atoms with Gasteiger partial charge in [-0.2, -0.15) is 0 Å². The minimum Gasteiger partial charge on any atom is -0.382 e. The van der Waals surface area contributed by atoms with E-state index in [4.69, 9.17) is 20.4 Å². The van der Waals surface area contributed by atoms with E-state index in [1.807, 2.05) is 0 Å². The summed E-state index contributed by atoms with van der Waals surface area (Å²) in [5.41, 5.74) is 0. The van der Waals surface area contributed by atoms with Crippen LogP contribution in [0, 0.1) is 0 Å². The third-order valence-corrected chi connectivity index (χ3v) is 1.60. The molecular formula is C7H14F2O4. The Morgan fingerprint density at radius 3 is 2.08 bits per heavy atom. The van der Waals surface area contributed by atoms with Crippen molar-refractivity contribution < 1.29 is 29.2 Å². The van der Waals surface area contributed by atoms with Gasteiger partial charge in [0.15, 0.2) is 6.10 Å². The second kappa shape index (κ2) is 5.43. The van der Waals surface area contributed by atoms with E-state index in [1.165, 1.54) is 0 Å². The lowest BCUT2D eigenvalue weighted by Gasteiger charge is -2.23. The fraction of sp³-hybridized carbons (Fsp3) is 1.00. The molecule has 0 aromatic carbocycles. The number of halogens is 2. The van der Waals surface area contributed by atoms with Crippen LogP contribution < -0.4 is 0 Å². The molecule has 0 amide bonds. The van der Waals surface area contributed by atoms with Crippen molar-refractivity contribution in [3.05, 3.63) is 0 Å². The summed E-state index contributed by atoms with van der Waals surface area (Å²) in [6, 6.07) is 0. The molecule has 13 heavy (non-hydrogen) atoms. The number of aliphatic hydroxyl groups is 4. The van der Waals surface area contributed by atoms with Gasteiger partial charge >= 0.3 is 5.97 Å². The van der Waals surface area contributed by atoms with Crippen LogP contribution in [0.1, 0.15) is 19.3 Å². The molecule has 6 heteroatoms. The minimum absolute atomic E-state index is 0.141. The molecule has 0 rings (SSSR count). The van der Waals surface area contributed by atoms with Crippen molar-refractivity contribution in [2.24, 2.45) is 0 Å². The van der Waals surface area contributed by atoms with Crippen LogP contribution in [0.25, 0.3) is 0 Å². The molecule has 0 radical (unpaired) electrons. The Morgan fingerprint density at radius 1 is 1.15 bits per heavy atom. The van der Waals surface area contributed by atoms with Crippen molar-refractivity contribution in [2.45, 2.75) is 37.5 Å². The maximum absolute atomic E-state index is 12.8. The summed E-state index contributed by atoms with van der Waals surface area (Å²) >= 11 is 0. The van der Waals surface area contributed by atoms with E-state index >= 15 is 0 Å². The summed E-state index contributed by atoms with van der Waals surface area (Å²) in [5.74, 6) is -3.44. The van der Waals surface area contributed by atoms with Crippen LogP contribution in [-0.4, -0.2) is 45.3 Å². The first-order chi connectivity index (χ1) is 5.89. The predicted octanol–water partition coefficient (Wildman–Crippen LogP) is -0.544. The Bertz CT molecular complexity index is 137. The van der Waals surface area contributed by atoms with Crippen molar-refractivity contribution in [3.8, 4) is 0 Å². The maximum atomic E-state index is 12.8. The SMILES string of the molecule is OC(C(F)CCCCF)C(O)(O)O. The van der Waals surface area contributed by atoms with E-state index in [0.717, 1.165) is 0 Å². The van der Waals surface area contributed by atoms with Gasteiger partial charge in [0.2, 0.25) is 0 Å². The van der Waals surface area contributed by atoms with Gasteiger partial charge in [0.05, 0.1) is 6.67 Å². The zero-order chi connectivity index (χ0) is 10.5. The largest absolute Gasteiger partial charge is 0.382 e. The van der Waals surface area contributed by atoms with E-state index in [-0.39, 0.29) is 19.3 Å². The highest BCUT2D eigenvalue weighted by molar-refractivity contribution is 4.73. The van der Waals surface area contributed by atoms with Gasteiger partial charge in [0.25, 0.3) is 0 Å². The standard InChI is InChI=1S/C7H14F2O4/c8-4-2-1-3-5(9)6(10)7(11,12)13/h5-6,10-13H,1-4H2. The normalized spacial score (nSPS) is 17.1. The van der Waals surface area contributed by atoms with Crippen LogP contribution in [0.4, 0.5) is 8.78 Å². The second-order valence-corrected chi connectivity index (χ2v) is 2.83. The van der Waals surface area contributed by atoms with Crippen LogP contribution in [-0.2, 0) is 0 Å². The van der Waals surface area contributed by atoms with Crippen molar-refractivity contribution in [2.75, 3.05) is 6.67 Å². The van der Waals surface area contributed by atoms with Crippen LogP contribution in [0.2, 0.25) is 0 Å². The van der Waals surface area contributed by atoms with Gasteiger partial charge in [0, 0.05) is 0 Å². The molecule has 0 bridgehead atoms. The van der Waals surface area contributed by atoms with E-state index in [9.17, 15) is 8.78 Å². The number of hydrogen-bond acceptors (Lipinski definition) is 4. The molecule has 2 atom stereocenters. The molecule has 2 unspecified atom stereocenters. The van der Waals surface area contributed by atoms with Crippen molar-refractivity contribution in [3.63, 3.8) is 0 Å². The van der Waals surface area contributed by atoms with Gasteiger partial charge in [-0.3, -0.25) is 4.39 Å². The average Bonchev–Trinajstić information content (AvgIpc) is 2.01. The Hall–Kier alpha value is -0.300. The Morgan fingerprint density at radius 2 is 1.69 bits per heavy atom. The summed E-state index contributed by atoms with van der Waals surface area (Å²) in [6.07, 6.45) is -4.18. The van der Waals surface area contributed by atoms with Crippen LogP contribution >= 0.6 is 0 Å². The van der Waals surface area contributed by atoms with Crippen molar-refractivity contribution >= 4 is 0 Å². The molecule has 0 aliphatic rings. The third-order valence-electron chi connectivity index (χ3n) is 1.60. The van der Waals surface area contributed by atoms with E-state index < -0.39 is 24.9 Å². The fourth-order valence-corrected chi connectivity index (χ4v) is 0.834. The van der Waals surface area contributed by atoms with Crippen LogP contribution in [0.15, 0.2) is 0 Å². The van der Waals surface area contributed by atoms with Gasteiger partial charge in [0.1, 0.15) is 6.17 Å². The molecule has 0 spiro atoms. The molecule has 4 nitrogen and oxygen atoms in total.